The summed E-state index contributed by atoms with van der Waals surface area (Å²) in [6.07, 6.45) is -0.215. The van der Waals surface area contributed by atoms with E-state index in [0.29, 0.717) is 48.0 Å². The number of carbonyl (C=O) groups excluding carboxylic acids is 2. The van der Waals surface area contributed by atoms with Crippen LogP contribution in [0.1, 0.15) is 12.0 Å². The zero-order chi connectivity index (χ0) is 34.4. The van der Waals surface area contributed by atoms with E-state index in [0.717, 1.165) is 0 Å². The number of carbonyl (C=O) groups is 3. The molecule has 5 rings (SSSR count). The topological polar surface area (TPSA) is 197 Å². The number of nitrogens with zero attached hydrogens (tertiary/aromatic N) is 7. The number of benzene rings is 2. The Morgan fingerprint density at radius 1 is 1.06 bits per heavy atom. The maximum atomic E-state index is 13.5. The number of rotatable bonds is 7. The highest BCUT2D eigenvalue weighted by atomic mass is 35.5. The van der Waals surface area contributed by atoms with Gasteiger partial charge in [0.2, 0.25) is 11.8 Å². The Labute approximate surface area is 271 Å². The fourth-order valence-corrected chi connectivity index (χ4v) is 5.89. The highest BCUT2D eigenvalue weighted by Gasteiger charge is 2.42. The summed E-state index contributed by atoms with van der Waals surface area (Å²) in [5.74, 6) is -3.40. The molecule has 0 radical (unpaired) electrons. The molecule has 3 aromatic rings. The lowest BCUT2D eigenvalue weighted by Crippen LogP contribution is -2.53. The Balaban J connectivity index is 0.000000644. The van der Waals surface area contributed by atoms with Crippen LogP contribution in [0.3, 0.4) is 0 Å². The van der Waals surface area contributed by atoms with Crippen molar-refractivity contribution in [3.8, 4) is 5.69 Å². The average Bonchev–Trinajstić information content (AvgIpc) is 3.71. The molecule has 47 heavy (non-hydrogen) atoms. The van der Waals surface area contributed by atoms with Gasteiger partial charge in [-0.1, -0.05) is 29.8 Å². The fraction of sp³-hybridized carbons (Fsp3) is 0.333. The first-order valence-corrected chi connectivity index (χ1v) is 15.7. The van der Waals surface area contributed by atoms with E-state index in [1.54, 1.807) is 41.3 Å². The number of likely N-dealkylation sites (tertiary alicyclic amines) is 1. The van der Waals surface area contributed by atoms with Crippen molar-refractivity contribution in [3.05, 3.63) is 71.5 Å². The number of anilines is 1. The van der Waals surface area contributed by atoms with Crippen LogP contribution in [0.5, 0.6) is 0 Å². The maximum absolute atomic E-state index is 13.5. The summed E-state index contributed by atoms with van der Waals surface area (Å²) >= 11 is 6.21. The van der Waals surface area contributed by atoms with Crippen molar-refractivity contribution in [2.75, 3.05) is 38.0 Å². The summed E-state index contributed by atoms with van der Waals surface area (Å²) in [5, 5.41) is 27.0. The first-order valence-electron chi connectivity index (χ1n) is 13.8. The number of carboxylic acids is 1. The molecule has 2 fully saturated rings. The predicted molar refractivity (Wildman–Crippen MR) is 162 cm³/mol. The van der Waals surface area contributed by atoms with Gasteiger partial charge in [0.15, 0.2) is 0 Å². The molecule has 2 atom stereocenters. The van der Waals surface area contributed by atoms with Crippen molar-refractivity contribution in [3.63, 3.8) is 0 Å². The van der Waals surface area contributed by atoms with Crippen molar-refractivity contribution in [2.24, 2.45) is 5.14 Å². The largest absolute Gasteiger partial charge is 0.490 e. The summed E-state index contributed by atoms with van der Waals surface area (Å²) in [6, 6.07) is 13.3. The van der Waals surface area contributed by atoms with Crippen LogP contribution in [0.25, 0.3) is 11.8 Å². The average molecular weight is 700 g/mol. The second-order valence-electron chi connectivity index (χ2n) is 10.3. The van der Waals surface area contributed by atoms with Gasteiger partial charge in [-0.2, -0.15) is 30.6 Å². The molecule has 1 aromatic heterocycles. The Kier molecular flexibility index (Phi) is 11.3. The first-order chi connectivity index (χ1) is 22.1. The number of hydrogen-bond acceptors (Lipinski definition) is 9. The smallest absolute Gasteiger partial charge is 0.475 e. The molecule has 15 nitrogen and oxygen atoms in total. The minimum absolute atomic E-state index is 0.130. The molecule has 2 amide bonds. The fourth-order valence-electron chi connectivity index (χ4n) is 5.04. The number of nitrogens with one attached hydrogen (secondary N) is 1. The minimum atomic E-state index is -5.08. The van der Waals surface area contributed by atoms with Gasteiger partial charge in [0.25, 0.3) is 10.2 Å². The number of nitrogens with two attached hydrogens (primary N) is 1. The van der Waals surface area contributed by atoms with Gasteiger partial charge >= 0.3 is 12.1 Å². The third-order valence-electron chi connectivity index (χ3n) is 7.29. The second kappa shape index (κ2) is 15.0. The number of aliphatic carboxylic acids is 1. The van der Waals surface area contributed by atoms with Crippen LogP contribution in [0.15, 0.2) is 60.9 Å². The van der Waals surface area contributed by atoms with E-state index in [1.165, 1.54) is 21.4 Å². The van der Waals surface area contributed by atoms with Crippen LogP contribution in [-0.2, 0) is 24.6 Å². The molecule has 0 bridgehead atoms. The van der Waals surface area contributed by atoms with E-state index in [4.69, 9.17) is 26.6 Å². The number of aromatic nitrogens is 4. The van der Waals surface area contributed by atoms with Gasteiger partial charge in [0.1, 0.15) is 12.4 Å². The zero-order valence-electron chi connectivity index (χ0n) is 24.4. The predicted octanol–water partition coefficient (Wildman–Crippen LogP) is 1.39. The van der Waals surface area contributed by atoms with Crippen LogP contribution in [0, 0.1) is 0 Å². The zero-order valence-corrected chi connectivity index (χ0v) is 25.9. The molecule has 252 valence electrons. The molecule has 0 saturated carbocycles. The molecule has 3 heterocycles. The third-order valence-corrected chi connectivity index (χ3v) is 8.61. The van der Waals surface area contributed by atoms with E-state index >= 15 is 0 Å². The van der Waals surface area contributed by atoms with Crippen LogP contribution in [0.2, 0.25) is 5.02 Å². The number of hydrogen-bond donors (Lipinski definition) is 3. The van der Waals surface area contributed by atoms with Gasteiger partial charge in [-0.15, -0.1) is 5.10 Å². The monoisotopic (exact) mass is 699 g/mol. The molecule has 2 aliphatic heterocycles. The summed E-state index contributed by atoms with van der Waals surface area (Å²) in [4.78, 5) is 39.5. The van der Waals surface area contributed by atoms with Crippen molar-refractivity contribution in [2.45, 2.75) is 24.7 Å². The van der Waals surface area contributed by atoms with Gasteiger partial charge in [-0.25, -0.2) is 9.93 Å². The van der Waals surface area contributed by atoms with Gasteiger partial charge in [0, 0.05) is 61.1 Å². The lowest BCUT2D eigenvalue weighted by Gasteiger charge is -2.36. The van der Waals surface area contributed by atoms with Crippen LogP contribution < -0.4 is 10.5 Å². The Bertz CT molecular complexity index is 1700. The van der Waals surface area contributed by atoms with Gasteiger partial charge in [-0.3, -0.25) is 14.5 Å². The van der Waals surface area contributed by atoms with Crippen molar-refractivity contribution in [1.29, 1.82) is 0 Å². The number of piperazine rings is 1. The van der Waals surface area contributed by atoms with Gasteiger partial charge in [0.05, 0.1) is 5.69 Å². The molecule has 0 spiro atoms. The molecule has 0 aliphatic carbocycles. The van der Waals surface area contributed by atoms with E-state index in [-0.39, 0.29) is 30.9 Å². The normalized spacial score (nSPS) is 19.3. The lowest BCUT2D eigenvalue weighted by atomic mass is 10.1. The Hall–Kier alpha value is -4.43. The molecule has 0 unspecified atom stereocenters. The first kappa shape index (κ1) is 35.4. The number of amides is 2. The highest BCUT2D eigenvalue weighted by Crippen LogP contribution is 2.26. The summed E-state index contributed by atoms with van der Waals surface area (Å²) in [7, 11) is -3.77. The summed E-state index contributed by atoms with van der Waals surface area (Å²) in [5.41, 5.74) is 1.88. The van der Waals surface area contributed by atoms with Crippen molar-refractivity contribution < 1.29 is 41.1 Å². The van der Waals surface area contributed by atoms with Crippen LogP contribution in [0.4, 0.5) is 18.9 Å². The quantitative estimate of drug-likeness (QED) is 0.303. The minimum Gasteiger partial charge on any atom is -0.475 e. The van der Waals surface area contributed by atoms with Gasteiger partial charge < -0.3 is 15.3 Å². The molecule has 20 heteroatoms. The van der Waals surface area contributed by atoms with Gasteiger partial charge in [-0.05, 0) is 53.3 Å². The maximum Gasteiger partial charge on any atom is 0.490 e. The molecular weight excluding hydrogens is 671 g/mol. The van der Waals surface area contributed by atoms with Crippen LogP contribution in [-0.4, -0.2) is 117 Å². The van der Waals surface area contributed by atoms with E-state index < -0.39 is 28.4 Å². The standard InChI is InChI=1S/C25H28ClN9O4S.C2HF3O2/c26-19-7-8-22(35-17-28-30-31-35)18(14-19)6-9-24(36)34-16-21(32-10-12-33(13-11-32)40(27,38)39)15-23(34)25(37)29-20-4-2-1-3-5-20;3-2(4,5)1(6)7/h1-9,14,17,21,23H,10-13,15-16H2,(H,29,37)(H2,27,38,39);(H,6,7)/t21-,23-;/m0./s1. The summed E-state index contributed by atoms with van der Waals surface area (Å²) < 4.78 is 57.9. The van der Waals surface area contributed by atoms with Crippen molar-refractivity contribution in [1.82, 2.24) is 34.3 Å². The number of tetrazole rings is 1. The third kappa shape index (κ3) is 9.55. The highest BCUT2D eigenvalue weighted by molar-refractivity contribution is 7.86. The van der Waals surface area contributed by atoms with E-state index in [1.807, 2.05) is 18.2 Å². The molecule has 2 aromatic carbocycles. The number of carboxylic acid groups (broad SMARTS) is 1. The van der Waals surface area contributed by atoms with Crippen LogP contribution >= 0.6 is 11.6 Å². The van der Waals surface area contributed by atoms with E-state index in [9.17, 15) is 31.2 Å². The molecule has 4 N–H and O–H groups in total. The number of halogens is 4. The number of para-hydroxylation sites is 1. The van der Waals surface area contributed by atoms with Crippen molar-refractivity contribution >= 4 is 51.4 Å². The summed E-state index contributed by atoms with van der Waals surface area (Å²) in [6.45, 7) is 1.70. The Morgan fingerprint density at radius 2 is 1.72 bits per heavy atom. The van der Waals surface area contributed by atoms with E-state index in [2.05, 4.69) is 25.7 Å². The Morgan fingerprint density at radius 3 is 2.30 bits per heavy atom. The SMILES string of the molecule is NS(=O)(=O)N1CCN([C@H]2C[C@@H](C(=O)Nc3ccccc3)N(C(=O)C=Cc3cc(Cl)ccc3-n3cnnn3)C2)CC1.O=C(O)C(F)(F)F. The molecule has 2 saturated heterocycles. The number of alkyl halides is 3. The lowest BCUT2D eigenvalue weighted by molar-refractivity contribution is -0.192. The second-order valence-corrected chi connectivity index (χ2v) is 12.3. The molecule has 2 aliphatic rings. The molecular formula is C27H29ClF3N9O6S.